The average molecular weight is 374 g/mol. The Labute approximate surface area is 146 Å². The highest BCUT2D eigenvalue weighted by molar-refractivity contribution is 7.89. The van der Waals surface area contributed by atoms with E-state index in [-0.39, 0.29) is 27.8 Å². The van der Waals surface area contributed by atoms with Crippen LogP contribution in [0.1, 0.15) is 29.4 Å². The summed E-state index contributed by atoms with van der Waals surface area (Å²) in [6.07, 6.45) is 1.90. The van der Waals surface area contributed by atoms with E-state index in [4.69, 9.17) is 4.74 Å². The molecular formula is C15H23N3O4S2. The molecule has 3 rings (SSSR count). The van der Waals surface area contributed by atoms with Gasteiger partial charge < -0.3 is 15.4 Å². The lowest BCUT2D eigenvalue weighted by molar-refractivity contribution is 0.0730. The SMILES string of the molecule is CC1NCCCC1NC(=O)c1sccc1S(=O)(=O)N1CCOCC1. The summed E-state index contributed by atoms with van der Waals surface area (Å²) < 4.78 is 32.2. The second kappa shape index (κ2) is 7.49. The van der Waals surface area contributed by atoms with Gasteiger partial charge in [-0.05, 0) is 37.8 Å². The number of nitrogens with zero attached hydrogens (tertiary/aromatic N) is 1. The van der Waals surface area contributed by atoms with Crippen molar-refractivity contribution in [3.05, 3.63) is 16.3 Å². The first-order valence-corrected chi connectivity index (χ1v) is 10.5. The zero-order valence-electron chi connectivity index (χ0n) is 13.7. The van der Waals surface area contributed by atoms with Gasteiger partial charge in [0, 0.05) is 25.2 Å². The van der Waals surface area contributed by atoms with E-state index in [2.05, 4.69) is 10.6 Å². The molecule has 3 heterocycles. The molecule has 1 aromatic rings. The molecule has 0 spiro atoms. The fraction of sp³-hybridized carbons (Fsp3) is 0.667. The van der Waals surface area contributed by atoms with Gasteiger partial charge >= 0.3 is 0 Å². The first kappa shape index (κ1) is 17.8. The van der Waals surface area contributed by atoms with Crippen molar-refractivity contribution in [2.45, 2.75) is 36.7 Å². The fourth-order valence-corrected chi connectivity index (χ4v) is 5.78. The van der Waals surface area contributed by atoms with Crippen LogP contribution in [0, 0.1) is 0 Å². The fourth-order valence-electron chi connectivity index (χ4n) is 3.07. The minimum Gasteiger partial charge on any atom is -0.379 e. The van der Waals surface area contributed by atoms with Crippen molar-refractivity contribution in [3.63, 3.8) is 0 Å². The highest BCUT2D eigenvalue weighted by atomic mass is 32.2. The van der Waals surface area contributed by atoms with Gasteiger partial charge in [0.05, 0.1) is 13.2 Å². The number of carbonyl (C=O) groups is 1. The summed E-state index contributed by atoms with van der Waals surface area (Å²) in [4.78, 5) is 13.0. The zero-order chi connectivity index (χ0) is 17.2. The van der Waals surface area contributed by atoms with Crippen LogP contribution in [0.25, 0.3) is 0 Å². The second-order valence-electron chi connectivity index (χ2n) is 6.10. The maximum absolute atomic E-state index is 12.8. The quantitative estimate of drug-likeness (QED) is 0.809. The van der Waals surface area contributed by atoms with Gasteiger partial charge in [-0.3, -0.25) is 4.79 Å². The number of piperidine rings is 1. The van der Waals surface area contributed by atoms with Gasteiger partial charge in [0.1, 0.15) is 9.77 Å². The molecule has 2 aliphatic heterocycles. The Kier molecular flexibility index (Phi) is 5.56. The van der Waals surface area contributed by atoms with Gasteiger partial charge in [-0.25, -0.2) is 8.42 Å². The third kappa shape index (κ3) is 3.65. The molecule has 0 aromatic carbocycles. The Bertz CT molecular complexity index is 683. The van der Waals surface area contributed by atoms with Crippen LogP contribution >= 0.6 is 11.3 Å². The Morgan fingerprint density at radius 2 is 2.17 bits per heavy atom. The average Bonchev–Trinajstić information content (AvgIpc) is 3.08. The monoisotopic (exact) mass is 373 g/mol. The van der Waals surface area contributed by atoms with E-state index in [1.807, 2.05) is 6.92 Å². The van der Waals surface area contributed by atoms with E-state index in [9.17, 15) is 13.2 Å². The van der Waals surface area contributed by atoms with Crippen LogP contribution in [-0.2, 0) is 14.8 Å². The number of rotatable bonds is 4. The molecule has 1 amide bonds. The Hall–Kier alpha value is -1.00. The molecular weight excluding hydrogens is 350 g/mol. The predicted octanol–water partition coefficient (Wildman–Crippen LogP) is 0.639. The van der Waals surface area contributed by atoms with Crippen molar-refractivity contribution < 1.29 is 17.9 Å². The van der Waals surface area contributed by atoms with E-state index in [1.54, 1.807) is 5.38 Å². The molecule has 0 saturated carbocycles. The van der Waals surface area contributed by atoms with E-state index in [1.165, 1.54) is 21.7 Å². The summed E-state index contributed by atoms with van der Waals surface area (Å²) in [6.45, 7) is 4.39. The Morgan fingerprint density at radius 3 is 2.88 bits per heavy atom. The topological polar surface area (TPSA) is 87.7 Å². The number of carbonyl (C=O) groups excluding carboxylic acids is 1. The predicted molar refractivity (Wildman–Crippen MR) is 91.8 cm³/mol. The molecule has 2 atom stereocenters. The van der Waals surface area contributed by atoms with Crippen LogP contribution in [0.3, 0.4) is 0 Å². The lowest BCUT2D eigenvalue weighted by atomic mass is 10.00. The molecule has 2 saturated heterocycles. The number of amides is 1. The van der Waals surface area contributed by atoms with Gasteiger partial charge in [-0.1, -0.05) is 0 Å². The molecule has 0 radical (unpaired) electrons. The first-order chi connectivity index (χ1) is 11.5. The Morgan fingerprint density at radius 1 is 1.42 bits per heavy atom. The van der Waals surface area contributed by atoms with Crippen molar-refractivity contribution in [3.8, 4) is 0 Å². The number of thiophene rings is 1. The van der Waals surface area contributed by atoms with Gasteiger partial charge in [0.15, 0.2) is 0 Å². The molecule has 9 heteroatoms. The van der Waals surface area contributed by atoms with E-state index < -0.39 is 10.0 Å². The van der Waals surface area contributed by atoms with Crippen LogP contribution in [-0.4, -0.2) is 63.6 Å². The molecule has 0 bridgehead atoms. The lowest BCUT2D eigenvalue weighted by Gasteiger charge is -2.30. The zero-order valence-corrected chi connectivity index (χ0v) is 15.3. The van der Waals surface area contributed by atoms with E-state index in [0.717, 1.165) is 19.4 Å². The van der Waals surface area contributed by atoms with Crippen molar-refractivity contribution in [2.24, 2.45) is 0 Å². The van der Waals surface area contributed by atoms with Crippen LogP contribution < -0.4 is 10.6 Å². The molecule has 2 fully saturated rings. The number of nitrogens with one attached hydrogen (secondary N) is 2. The van der Waals surface area contributed by atoms with E-state index in [0.29, 0.717) is 26.3 Å². The molecule has 134 valence electrons. The number of sulfonamides is 1. The van der Waals surface area contributed by atoms with Crippen LogP contribution in [0.5, 0.6) is 0 Å². The second-order valence-corrected chi connectivity index (χ2v) is 8.92. The summed E-state index contributed by atoms with van der Waals surface area (Å²) in [6, 6.07) is 1.72. The third-order valence-corrected chi connectivity index (χ3v) is 7.48. The summed E-state index contributed by atoms with van der Waals surface area (Å²) in [5.74, 6) is -0.308. The van der Waals surface area contributed by atoms with Crippen LogP contribution in [0.2, 0.25) is 0 Å². The minimum absolute atomic E-state index is 0.0206. The molecule has 24 heavy (non-hydrogen) atoms. The number of ether oxygens (including phenoxy) is 1. The van der Waals surface area contributed by atoms with Crippen LogP contribution in [0.15, 0.2) is 16.3 Å². The smallest absolute Gasteiger partial charge is 0.263 e. The normalized spacial score (nSPS) is 26.2. The molecule has 1 aromatic heterocycles. The molecule has 0 aliphatic carbocycles. The summed E-state index contributed by atoms with van der Waals surface area (Å²) in [5.41, 5.74) is 0. The maximum atomic E-state index is 12.8. The van der Waals surface area contributed by atoms with Crippen molar-refractivity contribution in [1.29, 1.82) is 0 Å². The number of morpholine rings is 1. The van der Waals surface area contributed by atoms with Gasteiger partial charge in [0.2, 0.25) is 10.0 Å². The minimum atomic E-state index is -3.66. The van der Waals surface area contributed by atoms with E-state index >= 15 is 0 Å². The largest absolute Gasteiger partial charge is 0.379 e. The summed E-state index contributed by atoms with van der Waals surface area (Å²) in [7, 11) is -3.66. The number of hydrogen-bond acceptors (Lipinski definition) is 6. The van der Waals surface area contributed by atoms with Crippen molar-refractivity contribution in [2.75, 3.05) is 32.8 Å². The Balaban J connectivity index is 1.78. The van der Waals surface area contributed by atoms with Crippen molar-refractivity contribution in [1.82, 2.24) is 14.9 Å². The summed E-state index contributed by atoms with van der Waals surface area (Å²) >= 11 is 1.17. The standard InChI is InChI=1S/C15H23N3O4S2/c1-11-12(3-2-5-16-11)17-15(19)14-13(4-10-23-14)24(20,21)18-6-8-22-9-7-18/h4,10-12,16H,2-3,5-9H2,1H3,(H,17,19). The lowest BCUT2D eigenvalue weighted by Crippen LogP contribution is -2.52. The molecule has 7 nitrogen and oxygen atoms in total. The molecule has 2 unspecified atom stereocenters. The van der Waals surface area contributed by atoms with Gasteiger partial charge in [0.25, 0.3) is 5.91 Å². The number of hydrogen-bond donors (Lipinski definition) is 2. The summed E-state index contributed by atoms with van der Waals surface area (Å²) in [5, 5.41) is 7.97. The third-order valence-electron chi connectivity index (χ3n) is 4.50. The molecule has 2 aliphatic rings. The van der Waals surface area contributed by atoms with Gasteiger partial charge in [-0.2, -0.15) is 4.31 Å². The van der Waals surface area contributed by atoms with Crippen molar-refractivity contribution >= 4 is 27.3 Å². The highest BCUT2D eigenvalue weighted by Gasteiger charge is 2.32. The van der Waals surface area contributed by atoms with Gasteiger partial charge in [-0.15, -0.1) is 11.3 Å². The molecule has 2 N–H and O–H groups in total. The van der Waals surface area contributed by atoms with Crippen LogP contribution in [0.4, 0.5) is 0 Å². The maximum Gasteiger partial charge on any atom is 0.263 e. The highest BCUT2D eigenvalue weighted by Crippen LogP contribution is 2.26. The first-order valence-electron chi connectivity index (χ1n) is 8.20.